The molecule has 0 spiro atoms. The van der Waals surface area contributed by atoms with Gasteiger partial charge in [0.05, 0.1) is 5.69 Å². The van der Waals surface area contributed by atoms with Gasteiger partial charge in [0.15, 0.2) is 18.1 Å². The van der Waals surface area contributed by atoms with Crippen molar-refractivity contribution in [2.45, 2.75) is 6.92 Å². The van der Waals surface area contributed by atoms with Crippen molar-refractivity contribution in [2.24, 2.45) is 0 Å². The van der Waals surface area contributed by atoms with Gasteiger partial charge in [-0.1, -0.05) is 6.07 Å². The van der Waals surface area contributed by atoms with Crippen LogP contribution < -0.4 is 20.1 Å². The highest BCUT2D eigenvalue weighted by molar-refractivity contribution is 5.97. The molecule has 0 atom stereocenters. The number of anilines is 1. The Bertz CT molecular complexity index is 931. The lowest BCUT2D eigenvalue weighted by molar-refractivity contribution is -0.146. The van der Waals surface area contributed by atoms with E-state index in [-0.39, 0.29) is 18.0 Å². The second-order valence-electron chi connectivity index (χ2n) is 5.94. The number of amides is 2. The van der Waals surface area contributed by atoms with Crippen molar-refractivity contribution in [3.8, 4) is 11.5 Å². The molecule has 0 fully saturated rings. The molecule has 2 aromatic rings. The maximum atomic E-state index is 13.7. The van der Waals surface area contributed by atoms with Crippen molar-refractivity contribution in [2.75, 3.05) is 25.3 Å². The van der Waals surface area contributed by atoms with Crippen LogP contribution >= 0.6 is 0 Å². The average Bonchev–Trinajstić information content (AvgIpc) is 3.14. The fraction of sp³-hybridized carbons (Fsp3) is 0.211. The highest BCUT2D eigenvalue weighted by Gasteiger charge is 2.17. The first-order valence-corrected chi connectivity index (χ1v) is 8.32. The molecule has 1 aliphatic rings. The maximum absolute atomic E-state index is 13.7. The van der Waals surface area contributed by atoms with Crippen molar-refractivity contribution < 1.29 is 33.0 Å². The Morgan fingerprint density at radius 3 is 2.68 bits per heavy atom. The van der Waals surface area contributed by atoms with Crippen molar-refractivity contribution in [1.29, 1.82) is 0 Å². The quantitative estimate of drug-likeness (QED) is 0.732. The largest absolute Gasteiger partial charge is 0.454 e. The zero-order valence-electron chi connectivity index (χ0n) is 14.9. The Balaban J connectivity index is 1.42. The van der Waals surface area contributed by atoms with Gasteiger partial charge in [0.25, 0.3) is 11.8 Å². The number of ether oxygens (including phenoxy) is 3. The molecule has 28 heavy (non-hydrogen) atoms. The second kappa shape index (κ2) is 8.38. The zero-order chi connectivity index (χ0) is 20.1. The van der Waals surface area contributed by atoms with E-state index in [4.69, 9.17) is 14.2 Å². The number of nitrogens with one attached hydrogen (secondary N) is 2. The molecule has 0 saturated carbocycles. The summed E-state index contributed by atoms with van der Waals surface area (Å²) in [5.41, 5.74) is 0.979. The first-order valence-electron chi connectivity index (χ1n) is 8.32. The van der Waals surface area contributed by atoms with Crippen LogP contribution in [-0.4, -0.2) is 37.7 Å². The van der Waals surface area contributed by atoms with Crippen LogP contribution in [0.2, 0.25) is 0 Å². The number of aryl methyl sites for hydroxylation is 1. The summed E-state index contributed by atoms with van der Waals surface area (Å²) in [6.45, 7) is 0.765. The molecule has 8 nitrogen and oxygen atoms in total. The Morgan fingerprint density at radius 2 is 1.89 bits per heavy atom. The van der Waals surface area contributed by atoms with Gasteiger partial charge >= 0.3 is 5.97 Å². The highest BCUT2D eigenvalue weighted by atomic mass is 19.1. The van der Waals surface area contributed by atoms with Crippen LogP contribution in [0.4, 0.5) is 10.1 Å². The third kappa shape index (κ3) is 4.76. The Kier molecular flexibility index (Phi) is 5.73. The lowest BCUT2D eigenvalue weighted by atomic mass is 10.2. The van der Waals surface area contributed by atoms with E-state index in [0.29, 0.717) is 17.1 Å². The molecule has 0 unspecified atom stereocenters. The topological polar surface area (TPSA) is 103 Å². The summed E-state index contributed by atoms with van der Waals surface area (Å²) in [4.78, 5) is 35.5. The molecule has 1 aliphatic heterocycles. The Morgan fingerprint density at radius 1 is 1.11 bits per heavy atom. The van der Waals surface area contributed by atoms with E-state index in [0.717, 1.165) is 0 Å². The SMILES string of the molecule is Cc1ccc(NC(=O)COC(=O)CNC(=O)c2ccc3c(c2)OCO3)c(F)c1. The van der Waals surface area contributed by atoms with Crippen LogP contribution in [0.15, 0.2) is 36.4 Å². The molecule has 2 N–H and O–H groups in total. The molecule has 0 bridgehead atoms. The number of carbonyl (C=O) groups excluding carboxylic acids is 3. The third-order valence-corrected chi connectivity index (χ3v) is 3.79. The van der Waals surface area contributed by atoms with E-state index in [1.165, 1.54) is 24.3 Å². The number of hydrogen-bond acceptors (Lipinski definition) is 6. The molecule has 146 valence electrons. The van der Waals surface area contributed by atoms with Crippen LogP contribution in [0.25, 0.3) is 0 Å². The van der Waals surface area contributed by atoms with Gasteiger partial charge in [-0.15, -0.1) is 0 Å². The standard InChI is InChI=1S/C19H17FN2O6/c1-11-2-4-14(13(20)6-11)22-17(23)9-26-18(24)8-21-19(25)12-3-5-15-16(7-12)28-10-27-15/h2-7H,8-10H2,1H3,(H,21,25)(H,22,23). The van der Waals surface area contributed by atoms with Crippen LogP contribution in [0.3, 0.4) is 0 Å². The van der Waals surface area contributed by atoms with Crippen LogP contribution in [0.1, 0.15) is 15.9 Å². The van der Waals surface area contributed by atoms with Gasteiger partial charge in [0, 0.05) is 5.56 Å². The number of hydrogen-bond donors (Lipinski definition) is 2. The molecule has 0 radical (unpaired) electrons. The number of esters is 1. The van der Waals surface area contributed by atoms with Crippen molar-refractivity contribution in [3.63, 3.8) is 0 Å². The van der Waals surface area contributed by atoms with E-state index in [1.54, 1.807) is 19.1 Å². The summed E-state index contributed by atoms with van der Waals surface area (Å²) in [5, 5.41) is 4.68. The van der Waals surface area contributed by atoms with Gasteiger partial charge in [-0.25, -0.2) is 4.39 Å². The predicted molar refractivity (Wildman–Crippen MR) is 95.6 cm³/mol. The van der Waals surface area contributed by atoms with Crippen molar-refractivity contribution in [1.82, 2.24) is 5.32 Å². The Labute approximate surface area is 159 Å². The lowest BCUT2D eigenvalue weighted by Crippen LogP contribution is -2.32. The number of fused-ring (bicyclic) bond motifs is 1. The smallest absolute Gasteiger partial charge is 0.325 e. The van der Waals surface area contributed by atoms with E-state index in [1.807, 2.05) is 0 Å². The summed E-state index contributed by atoms with van der Waals surface area (Å²) in [6, 6.07) is 8.92. The fourth-order valence-electron chi connectivity index (χ4n) is 2.40. The molecule has 2 aromatic carbocycles. The minimum atomic E-state index is -0.811. The van der Waals surface area contributed by atoms with Crippen LogP contribution in [-0.2, 0) is 14.3 Å². The molecular formula is C19H17FN2O6. The van der Waals surface area contributed by atoms with Crippen molar-refractivity contribution in [3.05, 3.63) is 53.3 Å². The molecule has 0 aliphatic carbocycles. The minimum absolute atomic E-state index is 0.0113. The molecule has 0 aromatic heterocycles. The molecule has 2 amide bonds. The molecule has 0 saturated heterocycles. The van der Waals surface area contributed by atoms with Gasteiger partial charge in [0.1, 0.15) is 12.4 Å². The number of halogens is 1. The van der Waals surface area contributed by atoms with Crippen LogP contribution in [0.5, 0.6) is 11.5 Å². The predicted octanol–water partition coefficient (Wildman–Crippen LogP) is 1.77. The summed E-state index contributed by atoms with van der Waals surface area (Å²) in [5.74, 6) is -1.63. The highest BCUT2D eigenvalue weighted by Crippen LogP contribution is 2.32. The van der Waals surface area contributed by atoms with E-state index < -0.39 is 36.8 Å². The van der Waals surface area contributed by atoms with Gasteiger partial charge < -0.3 is 24.8 Å². The van der Waals surface area contributed by atoms with Crippen LogP contribution in [0, 0.1) is 12.7 Å². The third-order valence-electron chi connectivity index (χ3n) is 3.79. The molecular weight excluding hydrogens is 371 g/mol. The van der Waals surface area contributed by atoms with Gasteiger partial charge in [-0.2, -0.15) is 0 Å². The molecule has 1 heterocycles. The zero-order valence-corrected chi connectivity index (χ0v) is 14.9. The lowest BCUT2D eigenvalue weighted by Gasteiger charge is -2.09. The summed E-state index contributed by atoms with van der Waals surface area (Å²) >= 11 is 0. The van der Waals surface area contributed by atoms with Gasteiger partial charge in [-0.05, 0) is 42.8 Å². The number of carbonyl (C=O) groups is 3. The van der Waals surface area contributed by atoms with E-state index >= 15 is 0 Å². The fourth-order valence-corrected chi connectivity index (χ4v) is 2.40. The van der Waals surface area contributed by atoms with Gasteiger partial charge in [0.2, 0.25) is 6.79 Å². The Hall–Kier alpha value is -3.62. The molecule has 9 heteroatoms. The second-order valence-corrected chi connectivity index (χ2v) is 5.94. The normalized spacial score (nSPS) is 11.6. The minimum Gasteiger partial charge on any atom is -0.454 e. The maximum Gasteiger partial charge on any atom is 0.325 e. The van der Waals surface area contributed by atoms with E-state index in [2.05, 4.69) is 10.6 Å². The molecule has 3 rings (SSSR count). The van der Waals surface area contributed by atoms with Crippen molar-refractivity contribution >= 4 is 23.5 Å². The monoisotopic (exact) mass is 388 g/mol. The van der Waals surface area contributed by atoms with Gasteiger partial charge in [-0.3, -0.25) is 14.4 Å². The number of benzene rings is 2. The number of rotatable bonds is 6. The first kappa shape index (κ1) is 19.2. The summed E-state index contributed by atoms with van der Waals surface area (Å²) in [7, 11) is 0. The average molecular weight is 388 g/mol. The first-order chi connectivity index (χ1) is 13.4. The summed E-state index contributed by atoms with van der Waals surface area (Å²) < 4.78 is 28.8. The summed E-state index contributed by atoms with van der Waals surface area (Å²) in [6.07, 6.45) is 0. The van der Waals surface area contributed by atoms with E-state index in [9.17, 15) is 18.8 Å².